The van der Waals surface area contributed by atoms with Crippen molar-refractivity contribution in [2.24, 2.45) is 0 Å². The molecule has 0 spiro atoms. The van der Waals surface area contributed by atoms with Crippen LogP contribution < -0.4 is 5.56 Å². The van der Waals surface area contributed by atoms with Crippen molar-refractivity contribution in [2.75, 3.05) is 0 Å². The molecule has 0 saturated heterocycles. The van der Waals surface area contributed by atoms with Crippen LogP contribution in [0, 0.1) is 5.82 Å². The second-order valence-electron chi connectivity index (χ2n) is 5.47. The Kier molecular flexibility index (Phi) is 4.76. The summed E-state index contributed by atoms with van der Waals surface area (Å²) in [6.45, 7) is 2.08. The van der Waals surface area contributed by atoms with Gasteiger partial charge in [-0.15, -0.1) is 0 Å². The minimum atomic E-state index is -0.450. The quantitative estimate of drug-likeness (QED) is 0.708. The Labute approximate surface area is 144 Å². The van der Waals surface area contributed by atoms with Crippen molar-refractivity contribution in [2.45, 2.75) is 19.9 Å². The van der Waals surface area contributed by atoms with Crippen molar-refractivity contribution in [1.82, 2.24) is 9.78 Å². The molecule has 3 nitrogen and oxygen atoms in total. The minimum Gasteiger partial charge on any atom is -0.268 e. The maximum Gasteiger partial charge on any atom is 0.267 e. The number of rotatable bonds is 4. The Bertz CT molecular complexity index is 899. The fourth-order valence-electron chi connectivity index (χ4n) is 2.46. The maximum absolute atomic E-state index is 13.9. The Morgan fingerprint density at radius 3 is 2.50 bits per heavy atom. The van der Waals surface area contributed by atoms with Crippen molar-refractivity contribution in [3.8, 4) is 11.3 Å². The summed E-state index contributed by atoms with van der Waals surface area (Å²) in [5.74, 6) is -0.450. The van der Waals surface area contributed by atoms with Crippen LogP contribution in [0.2, 0.25) is 5.02 Å². The van der Waals surface area contributed by atoms with Crippen molar-refractivity contribution < 1.29 is 4.39 Å². The Hall–Kier alpha value is -2.46. The number of benzene rings is 2. The molecule has 122 valence electrons. The number of hydrogen-bond donors (Lipinski definition) is 0. The molecule has 0 fully saturated rings. The Balaban J connectivity index is 1.98. The fourth-order valence-corrected chi connectivity index (χ4v) is 2.68. The lowest BCUT2D eigenvalue weighted by atomic mass is 10.1. The average Bonchev–Trinajstić information content (AvgIpc) is 2.60. The van der Waals surface area contributed by atoms with Gasteiger partial charge in [-0.05, 0) is 30.2 Å². The molecule has 0 saturated carbocycles. The van der Waals surface area contributed by atoms with Gasteiger partial charge in [0.25, 0.3) is 5.56 Å². The summed E-state index contributed by atoms with van der Waals surface area (Å²) in [4.78, 5) is 12.1. The summed E-state index contributed by atoms with van der Waals surface area (Å²) < 4.78 is 15.2. The second-order valence-corrected chi connectivity index (χ2v) is 5.87. The first-order valence-corrected chi connectivity index (χ1v) is 8.06. The molecular weight excluding hydrogens is 327 g/mol. The second kappa shape index (κ2) is 6.97. The van der Waals surface area contributed by atoms with E-state index in [9.17, 15) is 9.18 Å². The van der Waals surface area contributed by atoms with Gasteiger partial charge < -0.3 is 0 Å². The smallest absolute Gasteiger partial charge is 0.267 e. The molecule has 0 bridgehead atoms. The van der Waals surface area contributed by atoms with Crippen LogP contribution in [0.15, 0.2) is 59.4 Å². The number of nitrogens with zero attached hydrogens (tertiary/aromatic N) is 2. The first-order valence-electron chi connectivity index (χ1n) is 7.69. The molecule has 0 unspecified atom stereocenters. The zero-order valence-electron chi connectivity index (χ0n) is 13.2. The van der Waals surface area contributed by atoms with Crippen LogP contribution in [0.1, 0.15) is 18.1 Å². The van der Waals surface area contributed by atoms with Gasteiger partial charge in [0, 0.05) is 22.2 Å². The highest BCUT2D eigenvalue weighted by Gasteiger charge is 2.10. The van der Waals surface area contributed by atoms with Crippen molar-refractivity contribution in [1.29, 1.82) is 0 Å². The highest BCUT2D eigenvalue weighted by Crippen LogP contribution is 2.20. The average molecular weight is 343 g/mol. The molecule has 0 atom stereocenters. The van der Waals surface area contributed by atoms with Crippen LogP contribution >= 0.6 is 11.6 Å². The lowest BCUT2D eigenvalue weighted by molar-refractivity contribution is 0.573. The summed E-state index contributed by atoms with van der Waals surface area (Å²) in [5.41, 5.74) is 2.74. The Morgan fingerprint density at radius 1 is 1.08 bits per heavy atom. The predicted molar refractivity (Wildman–Crippen MR) is 93.8 cm³/mol. The van der Waals surface area contributed by atoms with Gasteiger partial charge in [0.1, 0.15) is 5.82 Å². The van der Waals surface area contributed by atoms with Crippen LogP contribution in [-0.2, 0) is 13.0 Å². The van der Waals surface area contributed by atoms with Crippen LogP contribution in [0.25, 0.3) is 11.3 Å². The van der Waals surface area contributed by atoms with E-state index in [1.165, 1.54) is 28.4 Å². The summed E-state index contributed by atoms with van der Waals surface area (Å²) in [6, 6.07) is 15.5. The molecule has 24 heavy (non-hydrogen) atoms. The van der Waals surface area contributed by atoms with Crippen LogP contribution in [-0.4, -0.2) is 9.78 Å². The molecule has 5 heteroatoms. The van der Waals surface area contributed by atoms with Crippen LogP contribution in [0.3, 0.4) is 0 Å². The first kappa shape index (κ1) is 16.4. The molecular formula is C19H16ClFN2O. The summed E-state index contributed by atoms with van der Waals surface area (Å²) in [7, 11) is 0. The molecule has 2 aromatic carbocycles. The molecule has 0 aliphatic heterocycles. The standard InChI is InChI=1S/C19H16ClFN2O/c1-2-13-6-8-14(9-7-13)18-10-11-19(24)23(22-18)12-15-16(20)4-3-5-17(15)21/h3-11H,2,12H2,1H3. The molecule has 0 aliphatic carbocycles. The van der Waals surface area contributed by atoms with Crippen LogP contribution in [0.4, 0.5) is 4.39 Å². The van der Waals surface area contributed by atoms with E-state index in [0.717, 1.165) is 12.0 Å². The van der Waals surface area contributed by atoms with E-state index >= 15 is 0 Å². The largest absolute Gasteiger partial charge is 0.268 e. The van der Waals surface area contributed by atoms with Gasteiger partial charge in [0.15, 0.2) is 0 Å². The summed E-state index contributed by atoms with van der Waals surface area (Å²) >= 11 is 6.04. The molecule has 1 heterocycles. The minimum absolute atomic E-state index is 0.00871. The van der Waals surface area contributed by atoms with Gasteiger partial charge in [0.05, 0.1) is 12.2 Å². The number of hydrogen-bond acceptors (Lipinski definition) is 2. The highest BCUT2D eigenvalue weighted by atomic mass is 35.5. The predicted octanol–water partition coefficient (Wildman–Crippen LogP) is 4.31. The zero-order valence-corrected chi connectivity index (χ0v) is 13.9. The molecule has 3 rings (SSSR count). The maximum atomic E-state index is 13.9. The number of aryl methyl sites for hydroxylation is 1. The highest BCUT2D eigenvalue weighted by molar-refractivity contribution is 6.31. The van der Waals surface area contributed by atoms with E-state index in [1.54, 1.807) is 12.1 Å². The lowest BCUT2D eigenvalue weighted by Gasteiger charge is -2.10. The third-order valence-electron chi connectivity index (χ3n) is 3.89. The van der Waals surface area contributed by atoms with Crippen molar-refractivity contribution in [3.63, 3.8) is 0 Å². The first-order chi connectivity index (χ1) is 11.6. The third-order valence-corrected chi connectivity index (χ3v) is 4.25. The van der Waals surface area contributed by atoms with E-state index in [0.29, 0.717) is 5.69 Å². The normalized spacial score (nSPS) is 10.8. The van der Waals surface area contributed by atoms with Gasteiger partial charge in [-0.3, -0.25) is 4.79 Å². The van der Waals surface area contributed by atoms with Gasteiger partial charge in [-0.1, -0.05) is 48.9 Å². The molecule has 0 aliphatic rings. The van der Waals surface area contributed by atoms with E-state index in [-0.39, 0.29) is 22.7 Å². The molecule has 0 radical (unpaired) electrons. The topological polar surface area (TPSA) is 34.9 Å². The fraction of sp³-hybridized carbons (Fsp3) is 0.158. The number of halogens is 2. The van der Waals surface area contributed by atoms with Gasteiger partial charge in [-0.25, -0.2) is 9.07 Å². The van der Waals surface area contributed by atoms with Crippen LogP contribution in [0.5, 0.6) is 0 Å². The van der Waals surface area contributed by atoms with Crippen molar-refractivity contribution >= 4 is 11.6 Å². The third kappa shape index (κ3) is 3.39. The van der Waals surface area contributed by atoms with Gasteiger partial charge in [-0.2, -0.15) is 5.10 Å². The van der Waals surface area contributed by atoms with Gasteiger partial charge >= 0.3 is 0 Å². The molecule has 1 aromatic heterocycles. The summed E-state index contributed by atoms with van der Waals surface area (Å²) in [5, 5.41) is 4.63. The van der Waals surface area contributed by atoms with Gasteiger partial charge in [0.2, 0.25) is 0 Å². The monoisotopic (exact) mass is 342 g/mol. The number of aromatic nitrogens is 2. The van der Waals surface area contributed by atoms with Crippen molar-refractivity contribution in [3.05, 3.63) is 86.9 Å². The van der Waals surface area contributed by atoms with E-state index in [1.807, 2.05) is 24.3 Å². The SMILES string of the molecule is CCc1ccc(-c2ccc(=O)n(Cc3c(F)cccc3Cl)n2)cc1. The lowest BCUT2D eigenvalue weighted by Crippen LogP contribution is -2.23. The van der Waals surface area contributed by atoms with E-state index in [4.69, 9.17) is 11.6 Å². The summed E-state index contributed by atoms with van der Waals surface area (Å²) in [6.07, 6.45) is 0.957. The zero-order chi connectivity index (χ0) is 17.1. The molecule has 0 amide bonds. The Morgan fingerprint density at radius 2 is 1.83 bits per heavy atom. The molecule has 3 aromatic rings. The van der Waals surface area contributed by atoms with E-state index < -0.39 is 5.82 Å². The van der Waals surface area contributed by atoms with E-state index in [2.05, 4.69) is 12.0 Å². The molecule has 0 N–H and O–H groups in total.